The third-order valence-corrected chi connectivity index (χ3v) is 6.51. The minimum Gasteiger partial charge on any atom is -0.207 e. The molecule has 24 heavy (non-hydrogen) atoms. The van der Waals surface area contributed by atoms with Gasteiger partial charge in [0.25, 0.3) is 0 Å². The Morgan fingerprint density at radius 2 is 1.79 bits per heavy atom. The highest BCUT2D eigenvalue weighted by Crippen LogP contribution is 2.27. The Balaban J connectivity index is 2.32. The zero-order chi connectivity index (χ0) is 17.9. The van der Waals surface area contributed by atoms with Crippen molar-refractivity contribution < 1.29 is 8.42 Å². The minimum atomic E-state index is -3.63. The van der Waals surface area contributed by atoms with E-state index in [1.807, 2.05) is 19.1 Å². The highest BCUT2D eigenvalue weighted by Gasteiger charge is 2.29. The van der Waals surface area contributed by atoms with E-state index in [0.717, 1.165) is 24.0 Å². The van der Waals surface area contributed by atoms with Crippen molar-refractivity contribution >= 4 is 10.0 Å². The molecule has 1 aliphatic rings. The van der Waals surface area contributed by atoms with Crippen LogP contribution < -0.4 is 0 Å². The van der Waals surface area contributed by atoms with E-state index >= 15 is 0 Å². The fraction of sp³-hybridized carbons (Fsp3) is 0.400. The van der Waals surface area contributed by atoms with E-state index in [9.17, 15) is 8.42 Å². The fourth-order valence-corrected chi connectivity index (χ4v) is 4.28. The van der Waals surface area contributed by atoms with E-state index in [4.69, 9.17) is 6.42 Å². The molecule has 0 N–H and O–H groups in total. The first-order chi connectivity index (χ1) is 11.3. The van der Waals surface area contributed by atoms with E-state index in [1.54, 1.807) is 19.1 Å². The van der Waals surface area contributed by atoms with Crippen LogP contribution in [0.15, 0.2) is 52.0 Å². The van der Waals surface area contributed by atoms with Crippen LogP contribution in [0.1, 0.15) is 39.2 Å². The van der Waals surface area contributed by atoms with Gasteiger partial charge >= 0.3 is 0 Å². The summed E-state index contributed by atoms with van der Waals surface area (Å²) in [6.45, 7) is 8.25. The van der Waals surface area contributed by atoms with Crippen LogP contribution in [0.4, 0.5) is 0 Å². The maximum atomic E-state index is 13.1. The molecule has 0 heterocycles. The van der Waals surface area contributed by atoms with Gasteiger partial charge in [-0.1, -0.05) is 46.4 Å². The summed E-state index contributed by atoms with van der Waals surface area (Å²) in [5, 5.41) is 0. The molecule has 0 saturated carbocycles. The number of hydrogen-bond acceptors (Lipinski definition) is 2. The number of benzene rings is 1. The van der Waals surface area contributed by atoms with Gasteiger partial charge in [0.1, 0.15) is 0 Å². The first kappa shape index (κ1) is 18.5. The maximum Gasteiger partial charge on any atom is 0.244 e. The molecule has 4 heteroatoms. The molecule has 0 fully saturated rings. The second kappa shape index (κ2) is 7.38. The quantitative estimate of drug-likeness (QED) is 0.597. The summed E-state index contributed by atoms with van der Waals surface area (Å²) < 4.78 is 27.5. The molecule has 0 saturated heterocycles. The average Bonchev–Trinajstić information content (AvgIpc) is 2.55. The van der Waals surface area contributed by atoms with Gasteiger partial charge in [-0.25, -0.2) is 8.42 Å². The van der Waals surface area contributed by atoms with E-state index < -0.39 is 16.1 Å². The van der Waals surface area contributed by atoms with Gasteiger partial charge in [-0.2, -0.15) is 4.31 Å². The molecule has 128 valence electrons. The molecule has 0 aliphatic heterocycles. The molecule has 0 aromatic heterocycles. The van der Waals surface area contributed by atoms with Crippen molar-refractivity contribution in [2.75, 3.05) is 6.54 Å². The number of hydrogen-bond donors (Lipinski definition) is 0. The largest absolute Gasteiger partial charge is 0.244 e. The van der Waals surface area contributed by atoms with E-state index in [1.165, 1.54) is 15.5 Å². The van der Waals surface area contributed by atoms with Crippen molar-refractivity contribution in [3.8, 4) is 12.3 Å². The second-order valence-electron chi connectivity index (χ2n) is 6.51. The first-order valence-corrected chi connectivity index (χ1v) is 9.57. The highest BCUT2D eigenvalue weighted by molar-refractivity contribution is 7.89. The Morgan fingerprint density at radius 1 is 1.17 bits per heavy atom. The normalized spacial score (nSPS) is 16.8. The summed E-state index contributed by atoms with van der Waals surface area (Å²) in [6, 6.07) is 6.41. The summed E-state index contributed by atoms with van der Waals surface area (Å²) in [5.74, 6) is 2.57. The van der Waals surface area contributed by atoms with Gasteiger partial charge in [-0.3, -0.25) is 0 Å². The first-order valence-electron chi connectivity index (χ1n) is 8.13. The lowest BCUT2D eigenvalue weighted by atomic mass is 9.93. The van der Waals surface area contributed by atoms with Crippen LogP contribution in [-0.4, -0.2) is 25.3 Å². The monoisotopic (exact) mass is 343 g/mol. The van der Waals surface area contributed by atoms with Crippen LogP contribution in [0.5, 0.6) is 0 Å². The third-order valence-electron chi connectivity index (χ3n) is 4.58. The lowest BCUT2D eigenvalue weighted by Gasteiger charge is -2.28. The van der Waals surface area contributed by atoms with Gasteiger partial charge in [0, 0.05) is 6.54 Å². The molecule has 1 unspecified atom stereocenters. The molecule has 0 amide bonds. The van der Waals surface area contributed by atoms with Crippen LogP contribution >= 0.6 is 0 Å². The Labute approximate surface area is 146 Å². The predicted octanol–water partition coefficient (Wildman–Crippen LogP) is 4.06. The molecule has 1 aromatic rings. The molecular weight excluding hydrogens is 318 g/mol. The number of terminal acetylenes is 1. The van der Waals surface area contributed by atoms with Crippen molar-refractivity contribution in [1.82, 2.24) is 4.31 Å². The van der Waals surface area contributed by atoms with Gasteiger partial charge in [0.05, 0.1) is 10.9 Å². The number of sulfonamides is 1. The van der Waals surface area contributed by atoms with Gasteiger partial charge in [-0.05, 0) is 52.7 Å². The van der Waals surface area contributed by atoms with E-state index in [0.29, 0.717) is 6.54 Å². The zero-order valence-electron chi connectivity index (χ0n) is 14.8. The topological polar surface area (TPSA) is 37.4 Å². The summed E-state index contributed by atoms with van der Waals surface area (Å²) in [4.78, 5) is 0.287. The van der Waals surface area contributed by atoms with Crippen LogP contribution in [0.2, 0.25) is 0 Å². The summed E-state index contributed by atoms with van der Waals surface area (Å²) in [5.41, 5.74) is 4.80. The lowest BCUT2D eigenvalue weighted by Crippen LogP contribution is -2.39. The fourth-order valence-electron chi connectivity index (χ4n) is 2.71. The Kier molecular flexibility index (Phi) is 5.69. The number of allylic oxidation sites excluding steroid dienone is 3. The Bertz CT molecular complexity index is 808. The molecule has 1 aliphatic carbocycles. The van der Waals surface area contributed by atoms with Gasteiger partial charge in [-0.15, -0.1) is 6.42 Å². The Morgan fingerprint density at radius 3 is 2.33 bits per heavy atom. The molecule has 0 bridgehead atoms. The SMILES string of the molecule is C#CC(C)N(CC1=CCC(C)=C(C)C1)S(=O)(=O)c1ccc(C)cc1. The number of rotatable bonds is 5. The highest BCUT2D eigenvalue weighted by atomic mass is 32.2. The molecule has 1 aromatic carbocycles. The van der Waals surface area contributed by atoms with Crippen molar-refractivity contribution in [3.63, 3.8) is 0 Å². The standard InChI is InChI=1S/C20H25NO2S/c1-6-18(5)21(14-19-10-9-16(3)17(4)13-19)24(22,23)20-11-7-15(2)8-12-20/h1,7-8,10-12,18H,9,13-14H2,2-5H3. The van der Waals surface area contributed by atoms with Gasteiger partial charge in [0.2, 0.25) is 10.0 Å². The van der Waals surface area contributed by atoms with Gasteiger partial charge in [0.15, 0.2) is 0 Å². The molecule has 0 radical (unpaired) electrons. The lowest BCUT2D eigenvalue weighted by molar-refractivity contribution is 0.406. The molecule has 1 atom stereocenters. The predicted molar refractivity (Wildman–Crippen MR) is 99.1 cm³/mol. The smallest absolute Gasteiger partial charge is 0.207 e. The van der Waals surface area contributed by atoms with Crippen molar-refractivity contribution in [3.05, 3.63) is 52.6 Å². The summed E-state index contributed by atoms with van der Waals surface area (Å²) in [7, 11) is -3.63. The van der Waals surface area contributed by atoms with Gasteiger partial charge < -0.3 is 0 Å². The summed E-state index contributed by atoms with van der Waals surface area (Å²) >= 11 is 0. The van der Waals surface area contributed by atoms with Crippen LogP contribution in [0, 0.1) is 19.3 Å². The number of nitrogens with zero attached hydrogens (tertiary/aromatic N) is 1. The minimum absolute atomic E-state index is 0.287. The molecule has 2 rings (SSSR count). The molecule has 0 spiro atoms. The molecular formula is C20H25NO2S. The van der Waals surface area contributed by atoms with E-state index in [-0.39, 0.29) is 4.90 Å². The van der Waals surface area contributed by atoms with E-state index in [2.05, 4.69) is 25.8 Å². The van der Waals surface area contributed by atoms with Crippen molar-refractivity contribution in [1.29, 1.82) is 0 Å². The zero-order valence-corrected chi connectivity index (χ0v) is 15.7. The van der Waals surface area contributed by atoms with Crippen LogP contribution in [-0.2, 0) is 10.0 Å². The third kappa shape index (κ3) is 3.98. The molecule has 3 nitrogen and oxygen atoms in total. The van der Waals surface area contributed by atoms with Crippen LogP contribution in [0.25, 0.3) is 0 Å². The second-order valence-corrected chi connectivity index (χ2v) is 8.40. The van der Waals surface area contributed by atoms with Crippen molar-refractivity contribution in [2.24, 2.45) is 0 Å². The maximum absolute atomic E-state index is 13.1. The summed E-state index contributed by atoms with van der Waals surface area (Å²) in [6.07, 6.45) is 9.36. The van der Waals surface area contributed by atoms with Crippen LogP contribution in [0.3, 0.4) is 0 Å². The number of aryl methyl sites for hydroxylation is 1. The average molecular weight is 343 g/mol. The Hall–Kier alpha value is -1.83. The van der Waals surface area contributed by atoms with Crippen molar-refractivity contribution in [2.45, 2.75) is 51.5 Å².